The van der Waals surface area contributed by atoms with E-state index in [1.54, 1.807) is 19.2 Å². The van der Waals surface area contributed by atoms with Crippen LogP contribution in [-0.4, -0.2) is 56.4 Å². The summed E-state index contributed by atoms with van der Waals surface area (Å²) in [7, 11) is 1.62. The van der Waals surface area contributed by atoms with Crippen LogP contribution in [0, 0.1) is 11.3 Å². The maximum absolute atomic E-state index is 9.38. The molecule has 0 saturated carbocycles. The normalized spacial score (nSPS) is 14.2. The molecule has 0 aliphatic carbocycles. The smallest absolute Gasteiger partial charge is 0.266 e. The van der Waals surface area contributed by atoms with Gasteiger partial charge in [0.25, 0.3) is 5.89 Å². The quantitative estimate of drug-likeness (QED) is 0.554. The van der Waals surface area contributed by atoms with Crippen LogP contribution in [-0.2, 0) is 11.3 Å². The molecule has 1 aromatic carbocycles. The number of anilines is 1. The molecule has 1 aliphatic heterocycles. The fourth-order valence-corrected chi connectivity index (χ4v) is 3.17. The van der Waals surface area contributed by atoms with Crippen molar-refractivity contribution in [2.24, 2.45) is 0 Å². The molecule has 0 unspecified atom stereocenters. The molecule has 1 N–H and O–H groups in total. The number of aromatic nitrogens is 1. The van der Waals surface area contributed by atoms with Gasteiger partial charge in [0.2, 0.25) is 11.6 Å². The minimum atomic E-state index is 0.199. The van der Waals surface area contributed by atoms with Crippen molar-refractivity contribution in [1.82, 2.24) is 9.88 Å². The van der Waals surface area contributed by atoms with Crippen LogP contribution >= 0.6 is 0 Å². The molecule has 9 nitrogen and oxygen atoms in total. The monoisotopic (exact) mass is 424 g/mol. The molecule has 1 fully saturated rings. The first-order valence-corrected chi connectivity index (χ1v) is 10.1. The Morgan fingerprint density at radius 3 is 2.61 bits per heavy atom. The molecule has 4 rings (SSSR count). The van der Waals surface area contributed by atoms with Crippen molar-refractivity contribution in [1.29, 1.82) is 5.26 Å². The second kappa shape index (κ2) is 10.0. The molecule has 0 atom stereocenters. The van der Waals surface area contributed by atoms with Crippen LogP contribution in [0.4, 0.5) is 5.88 Å². The van der Waals surface area contributed by atoms with Gasteiger partial charge in [-0.15, -0.1) is 0 Å². The second-order valence-electron chi connectivity index (χ2n) is 6.92. The third-order valence-electron chi connectivity index (χ3n) is 4.86. The average Bonchev–Trinajstić information content (AvgIpc) is 3.46. The van der Waals surface area contributed by atoms with Crippen molar-refractivity contribution >= 4 is 5.88 Å². The lowest BCUT2D eigenvalue weighted by molar-refractivity contribution is 0.0398. The summed E-state index contributed by atoms with van der Waals surface area (Å²) in [5.74, 6) is 3.11. The number of nitrogens with zero attached hydrogens (tertiary/aromatic N) is 3. The summed E-state index contributed by atoms with van der Waals surface area (Å²) in [5.41, 5.74) is 0.199. The summed E-state index contributed by atoms with van der Waals surface area (Å²) < 4.78 is 27.7. The minimum absolute atomic E-state index is 0.199. The lowest BCUT2D eigenvalue weighted by Gasteiger charge is -2.26. The van der Waals surface area contributed by atoms with Crippen molar-refractivity contribution < 1.29 is 23.0 Å². The SMILES string of the molecule is COc1ccc(OCc2ccc(-c3nc(C#N)c(NCCN4CCOCC4)o3)o2)cc1. The molecule has 3 heterocycles. The van der Waals surface area contributed by atoms with Gasteiger partial charge in [0.1, 0.15) is 29.9 Å². The van der Waals surface area contributed by atoms with E-state index in [0.29, 0.717) is 29.7 Å². The Kier molecular flexibility index (Phi) is 6.72. The lowest BCUT2D eigenvalue weighted by atomic mass is 10.3. The highest BCUT2D eigenvalue weighted by atomic mass is 16.5. The lowest BCUT2D eigenvalue weighted by Crippen LogP contribution is -2.39. The van der Waals surface area contributed by atoms with E-state index in [1.807, 2.05) is 24.3 Å². The summed E-state index contributed by atoms with van der Waals surface area (Å²) in [6, 6.07) is 12.9. The Bertz CT molecular complexity index is 1020. The number of nitriles is 1. The number of methoxy groups -OCH3 is 1. The van der Waals surface area contributed by atoms with E-state index in [-0.39, 0.29) is 18.2 Å². The average molecular weight is 424 g/mol. The molecule has 162 valence electrons. The number of oxazole rings is 1. The number of nitrogens with one attached hydrogen (secondary N) is 1. The largest absolute Gasteiger partial charge is 0.497 e. The molecule has 0 radical (unpaired) electrons. The zero-order valence-electron chi connectivity index (χ0n) is 17.3. The standard InChI is InChI=1S/C22H24N4O5/c1-27-16-2-4-17(5-3-16)29-15-18-6-7-20(30-18)22-25-19(14-23)21(31-22)24-8-9-26-10-12-28-13-11-26/h2-7,24H,8-13,15H2,1H3. The zero-order valence-corrected chi connectivity index (χ0v) is 17.3. The molecule has 9 heteroatoms. The van der Waals surface area contributed by atoms with E-state index in [0.717, 1.165) is 38.6 Å². The third-order valence-corrected chi connectivity index (χ3v) is 4.86. The van der Waals surface area contributed by atoms with E-state index < -0.39 is 0 Å². The van der Waals surface area contributed by atoms with Crippen molar-refractivity contribution in [2.45, 2.75) is 6.61 Å². The van der Waals surface area contributed by atoms with E-state index >= 15 is 0 Å². The van der Waals surface area contributed by atoms with Crippen LogP contribution in [0.2, 0.25) is 0 Å². The first-order chi connectivity index (χ1) is 15.2. The van der Waals surface area contributed by atoms with Crippen molar-refractivity contribution in [3.05, 3.63) is 47.9 Å². The van der Waals surface area contributed by atoms with Gasteiger partial charge < -0.3 is 28.4 Å². The molecular weight excluding hydrogens is 400 g/mol. The van der Waals surface area contributed by atoms with Gasteiger partial charge >= 0.3 is 0 Å². The maximum Gasteiger partial charge on any atom is 0.266 e. The molecule has 0 spiro atoms. The van der Waals surface area contributed by atoms with Crippen LogP contribution < -0.4 is 14.8 Å². The summed E-state index contributed by atoms with van der Waals surface area (Å²) >= 11 is 0. The van der Waals surface area contributed by atoms with Gasteiger partial charge in [-0.25, -0.2) is 0 Å². The molecule has 0 bridgehead atoms. The van der Waals surface area contributed by atoms with Crippen LogP contribution in [0.3, 0.4) is 0 Å². The fourth-order valence-electron chi connectivity index (χ4n) is 3.17. The second-order valence-corrected chi connectivity index (χ2v) is 6.92. The van der Waals surface area contributed by atoms with E-state index in [1.165, 1.54) is 0 Å². The summed E-state index contributed by atoms with van der Waals surface area (Å²) in [6.45, 7) is 5.03. The maximum atomic E-state index is 9.38. The number of rotatable bonds is 9. The van der Waals surface area contributed by atoms with Gasteiger partial charge in [0.05, 0.1) is 20.3 Å². The molecule has 31 heavy (non-hydrogen) atoms. The highest BCUT2D eigenvalue weighted by Gasteiger charge is 2.18. The zero-order chi connectivity index (χ0) is 21.5. The van der Waals surface area contributed by atoms with Gasteiger partial charge in [-0.05, 0) is 36.4 Å². The molecule has 3 aromatic rings. The van der Waals surface area contributed by atoms with E-state index in [4.69, 9.17) is 23.0 Å². The summed E-state index contributed by atoms with van der Waals surface area (Å²) in [5, 5.41) is 12.5. The number of morpholine rings is 1. The van der Waals surface area contributed by atoms with Gasteiger partial charge in [-0.2, -0.15) is 10.2 Å². The Balaban J connectivity index is 1.34. The highest BCUT2D eigenvalue weighted by Crippen LogP contribution is 2.27. The minimum Gasteiger partial charge on any atom is -0.497 e. The van der Waals surface area contributed by atoms with Gasteiger partial charge in [0.15, 0.2) is 5.76 Å². The predicted molar refractivity (Wildman–Crippen MR) is 112 cm³/mol. The molecule has 1 aliphatic rings. The van der Waals surface area contributed by atoms with Gasteiger partial charge in [-0.3, -0.25) is 4.90 Å². The summed E-state index contributed by atoms with van der Waals surface area (Å²) in [6.07, 6.45) is 0. The summed E-state index contributed by atoms with van der Waals surface area (Å²) in [4.78, 5) is 6.54. The van der Waals surface area contributed by atoms with Crippen molar-refractivity contribution in [3.8, 4) is 29.2 Å². The van der Waals surface area contributed by atoms with Crippen LogP contribution in [0.5, 0.6) is 11.5 Å². The van der Waals surface area contributed by atoms with Gasteiger partial charge in [0, 0.05) is 26.2 Å². The number of ether oxygens (including phenoxy) is 3. The van der Waals surface area contributed by atoms with E-state index in [9.17, 15) is 5.26 Å². The fraction of sp³-hybridized carbons (Fsp3) is 0.364. The number of hydrogen-bond donors (Lipinski definition) is 1. The van der Waals surface area contributed by atoms with Crippen molar-refractivity contribution in [3.63, 3.8) is 0 Å². The number of benzene rings is 1. The Morgan fingerprint density at radius 2 is 1.87 bits per heavy atom. The van der Waals surface area contributed by atoms with E-state index in [2.05, 4.69) is 21.3 Å². The molecular formula is C22H24N4O5. The molecule has 2 aromatic heterocycles. The third kappa shape index (κ3) is 5.36. The number of hydrogen-bond acceptors (Lipinski definition) is 9. The number of furan rings is 1. The Morgan fingerprint density at radius 1 is 1.10 bits per heavy atom. The first kappa shape index (κ1) is 20.8. The Labute approximate surface area is 180 Å². The highest BCUT2D eigenvalue weighted by molar-refractivity contribution is 5.54. The van der Waals surface area contributed by atoms with Crippen LogP contribution in [0.1, 0.15) is 11.5 Å². The predicted octanol–water partition coefficient (Wildman–Crippen LogP) is 3.14. The molecule has 0 amide bonds. The van der Waals surface area contributed by atoms with Crippen LogP contribution in [0.25, 0.3) is 11.7 Å². The van der Waals surface area contributed by atoms with Crippen LogP contribution in [0.15, 0.2) is 45.2 Å². The van der Waals surface area contributed by atoms with Gasteiger partial charge in [-0.1, -0.05) is 0 Å². The van der Waals surface area contributed by atoms with Crippen molar-refractivity contribution in [2.75, 3.05) is 51.8 Å². The Hall–Kier alpha value is -3.48. The first-order valence-electron chi connectivity index (χ1n) is 10.1. The molecule has 1 saturated heterocycles. The topological polar surface area (TPSA) is 106 Å².